The third-order valence-corrected chi connectivity index (χ3v) is 6.93. The predicted octanol–water partition coefficient (Wildman–Crippen LogP) is 0.402. The van der Waals surface area contributed by atoms with Gasteiger partial charge in [-0.25, -0.2) is 4.58 Å². The van der Waals surface area contributed by atoms with Crippen molar-refractivity contribution in [1.82, 2.24) is 20.9 Å². The lowest BCUT2D eigenvalue weighted by Crippen LogP contribution is -2.67. The molecule has 0 saturated carbocycles. The van der Waals surface area contributed by atoms with Crippen LogP contribution < -0.4 is 27.4 Å². The van der Waals surface area contributed by atoms with Gasteiger partial charge in [0, 0.05) is 26.1 Å². The fourth-order valence-electron chi connectivity index (χ4n) is 4.60. The Morgan fingerprint density at radius 3 is 2.61 bits per heavy atom. The minimum Gasteiger partial charge on any atom is -0.375 e. The molecule has 210 valence electrons. The van der Waals surface area contributed by atoms with Crippen LogP contribution in [0.15, 0.2) is 0 Å². The van der Waals surface area contributed by atoms with Crippen LogP contribution in [0, 0.1) is 5.92 Å². The van der Waals surface area contributed by atoms with Gasteiger partial charge in [0.1, 0.15) is 23.6 Å². The van der Waals surface area contributed by atoms with Gasteiger partial charge >= 0.3 is 6.18 Å². The number of likely N-dealkylation sites (N-methyl/N-ethyl adjacent to an activating group) is 1. The second-order valence-corrected chi connectivity index (χ2v) is 10.6. The number of alkyl halides is 4. The zero-order chi connectivity index (χ0) is 26.9. The number of halogens is 4. The maximum atomic E-state index is 13.5. The number of amides is 1. The van der Waals surface area contributed by atoms with Gasteiger partial charge in [0.05, 0.1) is 24.9 Å². The number of nitrogens with two attached hydrogens (primary N) is 2. The normalized spacial score (nSPS) is 29.6. The number of unbranched alkanes of at least 4 members (excludes halogenated alkanes) is 3. The molecule has 0 aromatic carbocycles. The molecule has 6 atom stereocenters. The van der Waals surface area contributed by atoms with Gasteiger partial charge < -0.3 is 31.7 Å². The third kappa shape index (κ3) is 9.70. The molecule has 0 aliphatic carbocycles. The number of piperidine rings is 1. The number of ether oxygens (including phenoxy) is 1. The first-order valence-corrected chi connectivity index (χ1v) is 13.2. The van der Waals surface area contributed by atoms with E-state index in [2.05, 4.69) is 22.9 Å². The summed E-state index contributed by atoms with van der Waals surface area (Å²) in [6.07, 6.45) is -0.914. The fourth-order valence-corrected chi connectivity index (χ4v) is 4.85. The number of rotatable bonds is 12. The molecule has 0 spiro atoms. The summed E-state index contributed by atoms with van der Waals surface area (Å²) in [6.45, 7) is 3.86. The van der Waals surface area contributed by atoms with Crippen molar-refractivity contribution in [3.8, 4) is 0 Å². The number of hydrogen-bond acceptors (Lipinski definition) is 7. The Labute approximate surface area is 217 Å². The summed E-state index contributed by atoms with van der Waals surface area (Å²) in [5.74, 6) is -1.28. The summed E-state index contributed by atoms with van der Waals surface area (Å²) in [5, 5.41) is 8.53. The van der Waals surface area contributed by atoms with Crippen LogP contribution in [0.25, 0.3) is 0 Å². The van der Waals surface area contributed by atoms with Gasteiger partial charge in [-0.05, 0) is 26.9 Å². The summed E-state index contributed by atoms with van der Waals surface area (Å²) in [5.41, 5.74) is 12.2. The molecule has 0 aromatic rings. The molecule has 13 heteroatoms. The van der Waals surface area contributed by atoms with Crippen LogP contribution in [-0.2, 0) is 9.53 Å². The SMILES string of the molecule is CCCCC/C=[N+]1\CC(Cl)CNC1C(C(=O)NC1CNC(C(F)(F)F)CC1OCCN(C)C)C(N)N. The smallest absolute Gasteiger partial charge is 0.375 e. The molecule has 1 amide bonds. The fraction of sp³-hybridized carbons (Fsp3) is 0.913. The maximum Gasteiger partial charge on any atom is 0.403 e. The largest absolute Gasteiger partial charge is 0.403 e. The minimum atomic E-state index is -4.40. The van der Waals surface area contributed by atoms with Crippen molar-refractivity contribution in [3.05, 3.63) is 0 Å². The van der Waals surface area contributed by atoms with Crippen LogP contribution in [0.2, 0.25) is 0 Å². The molecule has 2 rings (SSSR count). The molecule has 7 N–H and O–H groups in total. The standard InChI is InChI=1S/C23H43ClF3N7O2/c1-4-5-6-7-8-34-14-15(24)12-31-21(34)19(20(28)29)22(35)32-16-13-30-18(23(25,26)27)11-17(16)36-10-9-33(2)3/h8,15-21,30-31H,4-7,9-14,28-29H2,1-3H3/p+1/b34-8+. The van der Waals surface area contributed by atoms with Gasteiger partial charge in [-0.1, -0.05) is 19.8 Å². The van der Waals surface area contributed by atoms with Crippen molar-refractivity contribution in [2.75, 3.05) is 46.9 Å². The topological polar surface area (TPSA) is 121 Å². The lowest BCUT2D eigenvalue weighted by Gasteiger charge is -2.39. The van der Waals surface area contributed by atoms with Crippen molar-refractivity contribution in [2.45, 2.75) is 81.1 Å². The van der Waals surface area contributed by atoms with E-state index in [0.717, 1.165) is 25.7 Å². The van der Waals surface area contributed by atoms with Gasteiger partial charge in [-0.15, -0.1) is 11.6 Å². The highest BCUT2D eigenvalue weighted by molar-refractivity contribution is 6.20. The average Bonchev–Trinajstić information content (AvgIpc) is 2.78. The van der Waals surface area contributed by atoms with E-state index < -0.39 is 48.5 Å². The molecular weight excluding hydrogens is 499 g/mol. The Hall–Kier alpha value is -1.02. The van der Waals surface area contributed by atoms with Crippen LogP contribution in [-0.4, -0.2) is 111 Å². The van der Waals surface area contributed by atoms with Crippen LogP contribution in [0.3, 0.4) is 0 Å². The Morgan fingerprint density at radius 2 is 2.00 bits per heavy atom. The second-order valence-electron chi connectivity index (χ2n) is 9.99. The highest BCUT2D eigenvalue weighted by atomic mass is 35.5. The van der Waals surface area contributed by atoms with Gasteiger partial charge in [0.15, 0.2) is 6.54 Å². The zero-order valence-corrected chi connectivity index (χ0v) is 22.3. The number of nitrogens with zero attached hydrogens (tertiary/aromatic N) is 2. The molecule has 36 heavy (non-hydrogen) atoms. The van der Waals surface area contributed by atoms with E-state index in [9.17, 15) is 18.0 Å². The zero-order valence-electron chi connectivity index (χ0n) is 21.6. The van der Waals surface area contributed by atoms with E-state index in [4.69, 9.17) is 27.8 Å². The Morgan fingerprint density at radius 1 is 1.28 bits per heavy atom. The highest BCUT2D eigenvalue weighted by Gasteiger charge is 2.47. The monoisotopic (exact) mass is 542 g/mol. The molecule has 2 heterocycles. The van der Waals surface area contributed by atoms with Gasteiger partial charge in [0.25, 0.3) is 0 Å². The lowest BCUT2D eigenvalue weighted by atomic mass is 9.94. The summed E-state index contributed by atoms with van der Waals surface area (Å²) in [4.78, 5) is 15.3. The Bertz CT molecular complexity index is 712. The summed E-state index contributed by atoms with van der Waals surface area (Å²) in [6, 6.07) is -2.36. The second kappa shape index (κ2) is 14.8. The van der Waals surface area contributed by atoms with E-state index in [1.807, 2.05) is 29.8 Å². The first-order chi connectivity index (χ1) is 16.9. The number of carbonyl (C=O) groups excluding carboxylic acids is 1. The summed E-state index contributed by atoms with van der Waals surface area (Å²) >= 11 is 6.37. The number of hydrogen-bond donors (Lipinski definition) is 5. The van der Waals surface area contributed by atoms with Crippen molar-refractivity contribution < 1.29 is 27.3 Å². The molecule has 2 aliphatic heterocycles. The number of carbonyl (C=O) groups is 1. The Balaban J connectivity index is 2.16. The van der Waals surface area contributed by atoms with Gasteiger partial charge in [0.2, 0.25) is 12.1 Å². The molecule has 0 radical (unpaired) electrons. The molecule has 2 aliphatic rings. The molecule has 2 saturated heterocycles. The van der Waals surface area contributed by atoms with E-state index in [0.29, 0.717) is 19.6 Å². The Kier molecular flexibility index (Phi) is 12.8. The quantitative estimate of drug-likeness (QED) is 0.105. The maximum absolute atomic E-state index is 13.5. The van der Waals surface area contributed by atoms with Gasteiger partial charge in [-0.2, -0.15) is 13.2 Å². The van der Waals surface area contributed by atoms with Crippen molar-refractivity contribution >= 4 is 23.7 Å². The van der Waals surface area contributed by atoms with Crippen LogP contribution >= 0.6 is 11.6 Å². The minimum absolute atomic E-state index is 0.0796. The molecule has 0 bridgehead atoms. The molecule has 0 aromatic heterocycles. The van der Waals surface area contributed by atoms with Crippen LogP contribution in [0.4, 0.5) is 13.2 Å². The van der Waals surface area contributed by atoms with Gasteiger partial charge in [-0.3, -0.25) is 10.1 Å². The number of nitrogens with one attached hydrogen (secondary N) is 3. The summed E-state index contributed by atoms with van der Waals surface area (Å²) < 4.78 is 47.9. The van der Waals surface area contributed by atoms with Crippen molar-refractivity contribution in [2.24, 2.45) is 17.4 Å². The molecule has 2 fully saturated rings. The highest BCUT2D eigenvalue weighted by Crippen LogP contribution is 2.28. The van der Waals surface area contributed by atoms with E-state index in [-0.39, 0.29) is 24.9 Å². The first kappa shape index (κ1) is 31.2. The average molecular weight is 543 g/mol. The molecular formula is C23H44ClF3N7O2+. The van der Waals surface area contributed by atoms with E-state index in [1.54, 1.807) is 0 Å². The van der Waals surface area contributed by atoms with Crippen molar-refractivity contribution in [3.63, 3.8) is 0 Å². The van der Waals surface area contributed by atoms with Crippen LogP contribution in [0.5, 0.6) is 0 Å². The summed E-state index contributed by atoms with van der Waals surface area (Å²) in [7, 11) is 3.70. The van der Waals surface area contributed by atoms with Crippen molar-refractivity contribution in [1.29, 1.82) is 0 Å². The van der Waals surface area contributed by atoms with E-state index >= 15 is 0 Å². The molecule has 9 nitrogen and oxygen atoms in total. The van der Waals surface area contributed by atoms with Crippen LogP contribution in [0.1, 0.15) is 39.0 Å². The van der Waals surface area contributed by atoms with E-state index in [1.165, 1.54) is 0 Å². The predicted molar refractivity (Wildman–Crippen MR) is 135 cm³/mol. The lowest BCUT2D eigenvalue weighted by molar-refractivity contribution is -0.584. The molecule has 6 unspecified atom stereocenters. The first-order valence-electron chi connectivity index (χ1n) is 12.8. The third-order valence-electron chi connectivity index (χ3n) is 6.64.